The van der Waals surface area contributed by atoms with Crippen LogP contribution in [0.4, 0.5) is 0 Å². The Morgan fingerprint density at radius 1 is 1.32 bits per heavy atom. The molecule has 0 amide bonds. The number of sulfonamides is 1. The lowest BCUT2D eigenvalue weighted by molar-refractivity contribution is 0.542. The van der Waals surface area contributed by atoms with Crippen molar-refractivity contribution in [3.63, 3.8) is 0 Å². The summed E-state index contributed by atoms with van der Waals surface area (Å²) in [5.41, 5.74) is 0.811. The predicted molar refractivity (Wildman–Crippen MR) is 71.2 cm³/mol. The van der Waals surface area contributed by atoms with E-state index in [1.165, 1.54) is 0 Å². The van der Waals surface area contributed by atoms with Crippen LogP contribution in [0.5, 0.6) is 0 Å². The van der Waals surface area contributed by atoms with Crippen molar-refractivity contribution >= 4 is 10.0 Å². The Morgan fingerprint density at radius 3 is 2.58 bits per heavy atom. The molecule has 0 aromatic heterocycles. The fraction of sp³-hybridized carbons (Fsp3) is 0.385. The van der Waals surface area contributed by atoms with Crippen LogP contribution in [0.3, 0.4) is 0 Å². The number of nitrogens with one attached hydrogen (secondary N) is 1. The monoisotopic (exact) mass is 277 g/mol. The van der Waals surface area contributed by atoms with Crippen LogP contribution in [0.15, 0.2) is 24.3 Å². The molecular weight excluding hydrogens is 262 g/mol. The lowest BCUT2D eigenvalue weighted by Crippen LogP contribution is -2.35. The number of nitrogens with zero attached hydrogens (tertiary/aromatic N) is 2. The van der Waals surface area contributed by atoms with E-state index in [1.54, 1.807) is 24.3 Å². The summed E-state index contributed by atoms with van der Waals surface area (Å²) in [6, 6.07) is 10.1. The van der Waals surface area contributed by atoms with Crippen LogP contribution in [-0.2, 0) is 15.8 Å². The third-order valence-corrected chi connectivity index (χ3v) is 4.04. The molecule has 0 spiro atoms. The van der Waals surface area contributed by atoms with E-state index in [2.05, 4.69) is 4.72 Å². The first-order chi connectivity index (χ1) is 9.02. The van der Waals surface area contributed by atoms with E-state index >= 15 is 0 Å². The van der Waals surface area contributed by atoms with Gasteiger partial charge in [-0.15, -0.1) is 0 Å². The molecule has 1 rings (SSSR count). The molecule has 1 atom stereocenters. The zero-order valence-corrected chi connectivity index (χ0v) is 11.4. The topological polar surface area (TPSA) is 93.8 Å². The van der Waals surface area contributed by atoms with E-state index in [0.29, 0.717) is 17.5 Å². The molecule has 0 radical (unpaired) electrons. The summed E-state index contributed by atoms with van der Waals surface area (Å²) < 4.78 is 26.4. The average molecular weight is 277 g/mol. The molecule has 1 aromatic rings. The highest BCUT2D eigenvalue weighted by Gasteiger charge is 2.18. The second kappa shape index (κ2) is 6.89. The standard InChI is InChI=1S/C13H15N3O2S/c1-2-13(7-8-14)16-19(17,18)10-12-6-4-3-5-11(12)9-15/h3-6,13,16H,2,7,10H2,1H3. The van der Waals surface area contributed by atoms with E-state index in [1.807, 2.05) is 19.1 Å². The highest BCUT2D eigenvalue weighted by atomic mass is 32.2. The van der Waals surface area contributed by atoms with Crippen molar-refractivity contribution in [2.24, 2.45) is 0 Å². The molecule has 0 bridgehead atoms. The van der Waals surface area contributed by atoms with Gasteiger partial charge in [0.05, 0.1) is 29.9 Å². The molecule has 1 unspecified atom stereocenters. The van der Waals surface area contributed by atoms with Gasteiger partial charge in [-0.1, -0.05) is 25.1 Å². The molecule has 0 aliphatic carbocycles. The zero-order chi connectivity index (χ0) is 14.3. The lowest BCUT2D eigenvalue weighted by Gasteiger charge is -2.14. The highest BCUT2D eigenvalue weighted by Crippen LogP contribution is 2.12. The molecule has 19 heavy (non-hydrogen) atoms. The van der Waals surface area contributed by atoms with Gasteiger partial charge in [0.1, 0.15) is 0 Å². The van der Waals surface area contributed by atoms with Crippen molar-refractivity contribution in [2.75, 3.05) is 0 Å². The minimum absolute atomic E-state index is 0.135. The molecule has 0 aliphatic heterocycles. The van der Waals surface area contributed by atoms with Crippen LogP contribution in [0.2, 0.25) is 0 Å². The molecular formula is C13H15N3O2S. The Balaban J connectivity index is 2.86. The Labute approximate surface area is 113 Å². The van der Waals surface area contributed by atoms with Gasteiger partial charge in [-0.25, -0.2) is 13.1 Å². The van der Waals surface area contributed by atoms with Crippen LogP contribution in [0.25, 0.3) is 0 Å². The average Bonchev–Trinajstić information content (AvgIpc) is 2.38. The van der Waals surface area contributed by atoms with Crippen molar-refractivity contribution in [3.05, 3.63) is 35.4 Å². The summed E-state index contributed by atoms with van der Waals surface area (Å²) >= 11 is 0. The Hall–Kier alpha value is -1.89. The normalized spacial score (nSPS) is 12.4. The third-order valence-electron chi connectivity index (χ3n) is 2.66. The first-order valence-corrected chi connectivity index (χ1v) is 7.52. The molecule has 5 nitrogen and oxygen atoms in total. The number of hydrogen-bond donors (Lipinski definition) is 1. The van der Waals surface area contributed by atoms with Crippen molar-refractivity contribution in [3.8, 4) is 12.1 Å². The lowest BCUT2D eigenvalue weighted by atomic mass is 10.1. The first kappa shape index (κ1) is 15.2. The molecule has 100 valence electrons. The summed E-state index contributed by atoms with van der Waals surface area (Å²) in [4.78, 5) is 0. The van der Waals surface area contributed by atoms with Gasteiger partial charge >= 0.3 is 0 Å². The fourth-order valence-corrected chi connectivity index (χ4v) is 3.14. The van der Waals surface area contributed by atoms with E-state index < -0.39 is 10.0 Å². The maximum absolute atomic E-state index is 12.0. The molecule has 0 saturated carbocycles. The van der Waals surface area contributed by atoms with E-state index in [9.17, 15) is 8.42 Å². The van der Waals surface area contributed by atoms with Gasteiger partial charge in [0, 0.05) is 6.04 Å². The Morgan fingerprint density at radius 2 is 2.00 bits per heavy atom. The van der Waals surface area contributed by atoms with E-state index in [0.717, 1.165) is 0 Å². The van der Waals surface area contributed by atoms with Crippen molar-refractivity contribution in [1.82, 2.24) is 4.72 Å². The Bertz CT molecular complexity index is 612. The first-order valence-electron chi connectivity index (χ1n) is 5.87. The summed E-state index contributed by atoms with van der Waals surface area (Å²) in [5.74, 6) is -0.251. The van der Waals surface area contributed by atoms with Gasteiger partial charge in [0.15, 0.2) is 0 Å². The molecule has 1 N–H and O–H groups in total. The van der Waals surface area contributed by atoms with E-state index in [4.69, 9.17) is 10.5 Å². The number of benzene rings is 1. The van der Waals surface area contributed by atoms with E-state index in [-0.39, 0.29) is 18.2 Å². The van der Waals surface area contributed by atoms with Crippen LogP contribution < -0.4 is 4.72 Å². The van der Waals surface area contributed by atoms with Gasteiger partial charge in [-0.05, 0) is 18.1 Å². The minimum atomic E-state index is -3.55. The second-order valence-electron chi connectivity index (χ2n) is 4.11. The number of nitriles is 2. The van der Waals surface area contributed by atoms with Crippen molar-refractivity contribution < 1.29 is 8.42 Å². The van der Waals surface area contributed by atoms with Gasteiger partial charge in [0.25, 0.3) is 0 Å². The van der Waals surface area contributed by atoms with Crippen molar-refractivity contribution in [2.45, 2.75) is 31.6 Å². The summed E-state index contributed by atoms with van der Waals surface area (Å²) in [6.45, 7) is 1.81. The van der Waals surface area contributed by atoms with Crippen LogP contribution in [0, 0.1) is 22.7 Å². The molecule has 0 fully saturated rings. The van der Waals surface area contributed by atoms with Gasteiger partial charge in [-0.2, -0.15) is 10.5 Å². The fourth-order valence-electron chi connectivity index (χ4n) is 1.64. The largest absolute Gasteiger partial charge is 0.216 e. The predicted octanol–water partition coefficient (Wildman–Crippen LogP) is 1.67. The SMILES string of the molecule is CCC(CC#N)NS(=O)(=O)Cc1ccccc1C#N. The number of hydrogen-bond acceptors (Lipinski definition) is 4. The molecule has 6 heteroatoms. The summed E-state index contributed by atoms with van der Waals surface area (Å²) in [6.07, 6.45) is 0.683. The molecule has 0 saturated heterocycles. The maximum atomic E-state index is 12.0. The maximum Gasteiger partial charge on any atom is 0.216 e. The quantitative estimate of drug-likeness (QED) is 0.855. The van der Waals surface area contributed by atoms with Crippen LogP contribution in [-0.4, -0.2) is 14.5 Å². The zero-order valence-electron chi connectivity index (χ0n) is 10.6. The smallest absolute Gasteiger partial charge is 0.212 e. The second-order valence-corrected chi connectivity index (χ2v) is 5.87. The molecule has 0 heterocycles. The van der Waals surface area contributed by atoms with Gasteiger partial charge in [-0.3, -0.25) is 0 Å². The minimum Gasteiger partial charge on any atom is -0.212 e. The summed E-state index contributed by atoms with van der Waals surface area (Å²) in [7, 11) is -3.55. The third kappa shape index (κ3) is 4.70. The molecule has 1 aromatic carbocycles. The summed E-state index contributed by atoms with van der Waals surface area (Å²) in [5, 5.41) is 17.5. The Kier molecular flexibility index (Phi) is 5.50. The number of rotatable bonds is 6. The van der Waals surface area contributed by atoms with Crippen LogP contribution >= 0.6 is 0 Å². The van der Waals surface area contributed by atoms with Gasteiger partial charge in [0.2, 0.25) is 10.0 Å². The highest BCUT2D eigenvalue weighted by molar-refractivity contribution is 7.88. The molecule has 0 aliphatic rings. The van der Waals surface area contributed by atoms with Gasteiger partial charge < -0.3 is 0 Å². The van der Waals surface area contributed by atoms with Crippen LogP contribution in [0.1, 0.15) is 30.9 Å². The van der Waals surface area contributed by atoms with Crippen molar-refractivity contribution in [1.29, 1.82) is 10.5 Å².